The lowest BCUT2D eigenvalue weighted by atomic mass is 9.95. The second-order valence-corrected chi connectivity index (χ2v) is 4.54. The highest BCUT2D eigenvalue weighted by Gasteiger charge is 2.07. The topological polar surface area (TPSA) is 52.0 Å². The van der Waals surface area contributed by atoms with E-state index in [2.05, 4.69) is 38.1 Å². The van der Waals surface area contributed by atoms with Crippen molar-refractivity contribution < 1.29 is 0 Å². The zero-order valence-electron chi connectivity index (χ0n) is 11.0. The molecule has 94 valence electrons. The molecule has 0 radical (unpaired) electrons. The summed E-state index contributed by atoms with van der Waals surface area (Å²) in [5, 5.41) is 0. The van der Waals surface area contributed by atoms with Crippen LogP contribution in [-0.2, 0) is 12.8 Å². The Hall–Kier alpha value is -1.96. The van der Waals surface area contributed by atoms with Gasteiger partial charge in [-0.3, -0.25) is 0 Å². The third-order valence-electron chi connectivity index (χ3n) is 3.36. The fraction of sp³-hybridized carbons (Fsp3) is 0.250. The standard InChI is InChI=1S/C16H20N2/c1-3-11-9-14(10-12(4-2)16(11)18)13-5-7-15(17)8-6-13/h5-10H,3-4,17-18H2,1-2H3. The highest BCUT2D eigenvalue weighted by atomic mass is 14.6. The van der Waals surface area contributed by atoms with Crippen LogP contribution in [0.4, 0.5) is 11.4 Å². The van der Waals surface area contributed by atoms with E-state index in [1.807, 2.05) is 12.1 Å². The lowest BCUT2D eigenvalue weighted by molar-refractivity contribution is 1.10. The van der Waals surface area contributed by atoms with Gasteiger partial charge in [-0.25, -0.2) is 0 Å². The van der Waals surface area contributed by atoms with Crippen molar-refractivity contribution in [1.82, 2.24) is 0 Å². The maximum absolute atomic E-state index is 6.16. The highest BCUT2D eigenvalue weighted by Crippen LogP contribution is 2.28. The molecule has 2 heteroatoms. The van der Waals surface area contributed by atoms with Crippen LogP contribution in [0.15, 0.2) is 36.4 Å². The molecule has 0 saturated heterocycles. The van der Waals surface area contributed by atoms with Crippen LogP contribution in [0, 0.1) is 0 Å². The predicted molar refractivity (Wildman–Crippen MR) is 79.5 cm³/mol. The van der Waals surface area contributed by atoms with Crippen molar-refractivity contribution in [1.29, 1.82) is 0 Å². The molecule has 0 aliphatic rings. The number of aryl methyl sites for hydroxylation is 2. The maximum atomic E-state index is 6.16. The quantitative estimate of drug-likeness (QED) is 0.805. The minimum atomic E-state index is 0.792. The van der Waals surface area contributed by atoms with Gasteiger partial charge in [-0.2, -0.15) is 0 Å². The Balaban J connectivity index is 2.54. The van der Waals surface area contributed by atoms with E-state index in [-0.39, 0.29) is 0 Å². The Morgan fingerprint density at radius 3 is 1.72 bits per heavy atom. The summed E-state index contributed by atoms with van der Waals surface area (Å²) in [6, 6.07) is 12.3. The lowest BCUT2D eigenvalue weighted by Gasteiger charge is -2.12. The summed E-state index contributed by atoms with van der Waals surface area (Å²) in [6.07, 6.45) is 1.92. The van der Waals surface area contributed by atoms with Gasteiger partial charge in [-0.05, 0) is 59.4 Å². The van der Waals surface area contributed by atoms with Gasteiger partial charge in [0.05, 0.1) is 0 Å². The van der Waals surface area contributed by atoms with Crippen LogP contribution in [0.3, 0.4) is 0 Å². The minimum Gasteiger partial charge on any atom is -0.399 e. The first kappa shape index (κ1) is 12.5. The molecule has 0 fully saturated rings. The van der Waals surface area contributed by atoms with Crippen LogP contribution in [0.5, 0.6) is 0 Å². The molecule has 0 spiro atoms. The Labute approximate surface area is 109 Å². The Kier molecular flexibility index (Phi) is 3.56. The van der Waals surface area contributed by atoms with Crippen LogP contribution in [-0.4, -0.2) is 0 Å². The van der Waals surface area contributed by atoms with E-state index in [1.165, 1.54) is 22.3 Å². The fourth-order valence-electron chi connectivity index (χ4n) is 2.21. The van der Waals surface area contributed by atoms with E-state index >= 15 is 0 Å². The summed E-state index contributed by atoms with van der Waals surface area (Å²) in [7, 11) is 0. The van der Waals surface area contributed by atoms with Gasteiger partial charge in [-0.1, -0.05) is 26.0 Å². The molecule has 4 N–H and O–H groups in total. The molecular formula is C16H20N2. The van der Waals surface area contributed by atoms with Gasteiger partial charge < -0.3 is 11.5 Å². The summed E-state index contributed by atoms with van der Waals surface area (Å²) < 4.78 is 0. The number of benzene rings is 2. The SMILES string of the molecule is CCc1cc(-c2ccc(N)cc2)cc(CC)c1N. The molecule has 2 aromatic carbocycles. The summed E-state index contributed by atoms with van der Waals surface area (Å²) in [5.74, 6) is 0. The zero-order chi connectivity index (χ0) is 13.1. The molecule has 0 bridgehead atoms. The fourth-order valence-corrected chi connectivity index (χ4v) is 2.21. The summed E-state index contributed by atoms with van der Waals surface area (Å²) in [5.41, 5.74) is 18.5. The molecule has 0 saturated carbocycles. The van der Waals surface area contributed by atoms with Crippen LogP contribution in [0.2, 0.25) is 0 Å². The second-order valence-electron chi connectivity index (χ2n) is 4.54. The smallest absolute Gasteiger partial charge is 0.0379 e. The Morgan fingerprint density at radius 1 is 0.778 bits per heavy atom. The van der Waals surface area contributed by atoms with Crippen molar-refractivity contribution >= 4 is 11.4 Å². The van der Waals surface area contributed by atoms with E-state index < -0.39 is 0 Å². The summed E-state index contributed by atoms with van der Waals surface area (Å²) in [6.45, 7) is 4.27. The van der Waals surface area contributed by atoms with Crippen LogP contribution < -0.4 is 11.5 Å². The van der Waals surface area contributed by atoms with Gasteiger partial charge in [0.1, 0.15) is 0 Å². The number of nitrogen functional groups attached to an aromatic ring is 2. The van der Waals surface area contributed by atoms with Gasteiger partial charge in [-0.15, -0.1) is 0 Å². The Morgan fingerprint density at radius 2 is 1.28 bits per heavy atom. The number of hydrogen-bond donors (Lipinski definition) is 2. The second kappa shape index (κ2) is 5.13. The molecule has 2 nitrogen and oxygen atoms in total. The number of rotatable bonds is 3. The van der Waals surface area contributed by atoms with Crippen molar-refractivity contribution in [2.45, 2.75) is 26.7 Å². The molecule has 0 aliphatic heterocycles. The highest BCUT2D eigenvalue weighted by molar-refractivity contribution is 5.71. The van der Waals surface area contributed by atoms with Gasteiger partial charge in [0.2, 0.25) is 0 Å². The summed E-state index contributed by atoms with van der Waals surface area (Å²) in [4.78, 5) is 0. The van der Waals surface area contributed by atoms with Crippen molar-refractivity contribution in [2.75, 3.05) is 11.5 Å². The van der Waals surface area contributed by atoms with Crippen LogP contribution in [0.25, 0.3) is 11.1 Å². The molecule has 0 amide bonds. The van der Waals surface area contributed by atoms with Crippen molar-refractivity contribution in [3.8, 4) is 11.1 Å². The average molecular weight is 240 g/mol. The van der Waals surface area contributed by atoms with E-state index in [0.29, 0.717) is 0 Å². The number of nitrogens with two attached hydrogens (primary N) is 2. The van der Waals surface area contributed by atoms with Crippen molar-refractivity contribution in [2.24, 2.45) is 0 Å². The molecule has 2 aromatic rings. The average Bonchev–Trinajstić information content (AvgIpc) is 2.40. The van der Waals surface area contributed by atoms with E-state index in [9.17, 15) is 0 Å². The molecule has 0 atom stereocenters. The first-order valence-electron chi connectivity index (χ1n) is 6.42. The van der Waals surface area contributed by atoms with Crippen LogP contribution in [0.1, 0.15) is 25.0 Å². The minimum absolute atomic E-state index is 0.792. The molecule has 18 heavy (non-hydrogen) atoms. The number of anilines is 2. The van der Waals surface area contributed by atoms with Crippen molar-refractivity contribution in [3.05, 3.63) is 47.5 Å². The monoisotopic (exact) mass is 240 g/mol. The van der Waals surface area contributed by atoms with Gasteiger partial charge in [0, 0.05) is 11.4 Å². The molecule has 0 heterocycles. The normalized spacial score (nSPS) is 10.6. The van der Waals surface area contributed by atoms with E-state index in [4.69, 9.17) is 11.5 Å². The molecule has 0 aliphatic carbocycles. The molecule has 2 rings (SSSR count). The van der Waals surface area contributed by atoms with Crippen LogP contribution >= 0.6 is 0 Å². The van der Waals surface area contributed by atoms with Gasteiger partial charge in [0.25, 0.3) is 0 Å². The number of hydrogen-bond acceptors (Lipinski definition) is 2. The third-order valence-corrected chi connectivity index (χ3v) is 3.36. The molecular weight excluding hydrogens is 220 g/mol. The molecule has 0 aromatic heterocycles. The third kappa shape index (κ3) is 2.33. The maximum Gasteiger partial charge on any atom is 0.0379 e. The van der Waals surface area contributed by atoms with E-state index in [0.717, 1.165) is 24.2 Å². The lowest BCUT2D eigenvalue weighted by Crippen LogP contribution is -1.99. The largest absolute Gasteiger partial charge is 0.399 e. The Bertz CT molecular complexity index is 517. The summed E-state index contributed by atoms with van der Waals surface area (Å²) >= 11 is 0. The molecule has 0 unspecified atom stereocenters. The first-order valence-corrected chi connectivity index (χ1v) is 6.42. The van der Waals surface area contributed by atoms with Gasteiger partial charge >= 0.3 is 0 Å². The zero-order valence-corrected chi connectivity index (χ0v) is 11.0. The van der Waals surface area contributed by atoms with Crippen molar-refractivity contribution in [3.63, 3.8) is 0 Å². The van der Waals surface area contributed by atoms with E-state index in [1.54, 1.807) is 0 Å². The first-order chi connectivity index (χ1) is 8.65. The predicted octanol–water partition coefficient (Wildman–Crippen LogP) is 3.64. The van der Waals surface area contributed by atoms with Gasteiger partial charge in [0.15, 0.2) is 0 Å².